The molecule has 16 heavy (non-hydrogen) atoms. The highest BCUT2D eigenvalue weighted by Crippen LogP contribution is 2.19. The van der Waals surface area contributed by atoms with Gasteiger partial charge in [0, 0.05) is 19.3 Å². The molecule has 0 aliphatic heterocycles. The molecule has 0 radical (unpaired) electrons. The molecule has 84 valence electrons. The van der Waals surface area contributed by atoms with Gasteiger partial charge >= 0.3 is 0 Å². The Hall–Kier alpha value is -2.04. The minimum absolute atomic E-state index is 0.589. The summed E-state index contributed by atoms with van der Waals surface area (Å²) in [6.07, 6.45) is 1.91. The number of ether oxygens (including phenoxy) is 1. The van der Waals surface area contributed by atoms with Gasteiger partial charge in [-0.15, -0.1) is 0 Å². The van der Waals surface area contributed by atoms with Gasteiger partial charge in [-0.25, -0.2) is 0 Å². The van der Waals surface area contributed by atoms with Gasteiger partial charge in [0.15, 0.2) is 0 Å². The van der Waals surface area contributed by atoms with Crippen LogP contribution < -0.4 is 10.1 Å². The van der Waals surface area contributed by atoms with E-state index in [-0.39, 0.29) is 0 Å². The van der Waals surface area contributed by atoms with Crippen LogP contribution in [0.2, 0.25) is 0 Å². The van der Waals surface area contributed by atoms with Crippen LogP contribution in [0.1, 0.15) is 5.69 Å². The molecular formula is C11H14N4O. The standard InChI is InChI=1S/C11H14N4O/c1-8-9(7-15(2)14-8)12-10-5-4-6-11(13-10)16-3/h4-7H,1-3H3,(H,12,13). The summed E-state index contributed by atoms with van der Waals surface area (Å²) in [6.45, 7) is 1.95. The van der Waals surface area contributed by atoms with Crippen LogP contribution in [0.15, 0.2) is 24.4 Å². The fourth-order valence-electron chi connectivity index (χ4n) is 1.46. The molecule has 2 aromatic heterocycles. The van der Waals surface area contributed by atoms with Crippen molar-refractivity contribution in [3.05, 3.63) is 30.1 Å². The second-order valence-electron chi connectivity index (χ2n) is 3.49. The predicted octanol–water partition coefficient (Wildman–Crippen LogP) is 1.88. The number of methoxy groups -OCH3 is 1. The predicted molar refractivity (Wildman–Crippen MR) is 62.0 cm³/mol. The Bertz CT molecular complexity index is 492. The van der Waals surface area contributed by atoms with E-state index >= 15 is 0 Å². The molecular weight excluding hydrogens is 204 g/mol. The minimum Gasteiger partial charge on any atom is -0.481 e. The molecule has 2 rings (SSSR count). The molecule has 0 atom stereocenters. The number of rotatable bonds is 3. The van der Waals surface area contributed by atoms with E-state index in [9.17, 15) is 0 Å². The van der Waals surface area contributed by atoms with Crippen molar-refractivity contribution in [2.75, 3.05) is 12.4 Å². The molecule has 1 N–H and O–H groups in total. The number of nitrogens with one attached hydrogen (secondary N) is 1. The molecule has 5 heteroatoms. The second-order valence-corrected chi connectivity index (χ2v) is 3.49. The van der Waals surface area contributed by atoms with Gasteiger partial charge in [-0.1, -0.05) is 6.07 Å². The zero-order valence-electron chi connectivity index (χ0n) is 9.56. The number of anilines is 2. The first-order valence-electron chi connectivity index (χ1n) is 4.97. The Kier molecular flexibility index (Phi) is 2.76. The highest BCUT2D eigenvalue weighted by molar-refractivity contribution is 5.57. The van der Waals surface area contributed by atoms with Gasteiger partial charge in [0.2, 0.25) is 5.88 Å². The first-order valence-corrected chi connectivity index (χ1v) is 4.97. The molecule has 5 nitrogen and oxygen atoms in total. The Morgan fingerprint density at radius 1 is 1.38 bits per heavy atom. The van der Waals surface area contributed by atoms with Crippen molar-refractivity contribution in [2.45, 2.75) is 6.92 Å². The van der Waals surface area contributed by atoms with E-state index in [1.807, 2.05) is 32.3 Å². The maximum absolute atomic E-state index is 5.06. The van der Waals surface area contributed by atoms with E-state index < -0.39 is 0 Å². The lowest BCUT2D eigenvalue weighted by molar-refractivity contribution is 0.398. The average molecular weight is 218 g/mol. The van der Waals surface area contributed by atoms with Crippen molar-refractivity contribution in [1.82, 2.24) is 14.8 Å². The van der Waals surface area contributed by atoms with E-state index in [1.165, 1.54) is 0 Å². The van der Waals surface area contributed by atoms with Gasteiger partial charge in [-0.2, -0.15) is 10.1 Å². The van der Waals surface area contributed by atoms with Crippen LogP contribution in [-0.4, -0.2) is 21.9 Å². The van der Waals surface area contributed by atoms with E-state index in [0.29, 0.717) is 5.88 Å². The SMILES string of the molecule is COc1cccc(Nc2cn(C)nc2C)n1. The number of hydrogen-bond acceptors (Lipinski definition) is 4. The largest absolute Gasteiger partial charge is 0.481 e. The van der Waals surface area contributed by atoms with E-state index in [0.717, 1.165) is 17.2 Å². The Morgan fingerprint density at radius 3 is 2.81 bits per heavy atom. The van der Waals surface area contributed by atoms with Crippen LogP contribution in [0.5, 0.6) is 5.88 Å². The van der Waals surface area contributed by atoms with Crippen LogP contribution in [0.25, 0.3) is 0 Å². The van der Waals surface area contributed by atoms with E-state index in [1.54, 1.807) is 17.9 Å². The monoisotopic (exact) mass is 218 g/mol. The highest BCUT2D eigenvalue weighted by Gasteiger charge is 2.04. The fraction of sp³-hybridized carbons (Fsp3) is 0.273. The number of pyridine rings is 1. The van der Waals surface area contributed by atoms with Crippen LogP contribution in [0.4, 0.5) is 11.5 Å². The summed E-state index contributed by atoms with van der Waals surface area (Å²) in [5, 5.41) is 7.44. The number of aromatic nitrogens is 3. The lowest BCUT2D eigenvalue weighted by Gasteiger charge is -2.05. The zero-order valence-corrected chi connectivity index (χ0v) is 9.56. The lowest BCUT2D eigenvalue weighted by atomic mass is 10.4. The summed E-state index contributed by atoms with van der Waals surface area (Å²) in [5.41, 5.74) is 1.88. The molecule has 0 aliphatic carbocycles. The van der Waals surface area contributed by atoms with Crippen molar-refractivity contribution in [3.63, 3.8) is 0 Å². The molecule has 0 saturated heterocycles. The second kappa shape index (κ2) is 4.22. The smallest absolute Gasteiger partial charge is 0.214 e. The summed E-state index contributed by atoms with van der Waals surface area (Å²) in [5.74, 6) is 1.34. The molecule has 2 aromatic rings. The lowest BCUT2D eigenvalue weighted by Crippen LogP contribution is -1.95. The molecule has 0 amide bonds. The van der Waals surface area contributed by atoms with Crippen LogP contribution in [-0.2, 0) is 7.05 Å². The van der Waals surface area contributed by atoms with Crippen LogP contribution >= 0.6 is 0 Å². The molecule has 2 heterocycles. The Balaban J connectivity index is 2.23. The minimum atomic E-state index is 0.589. The van der Waals surface area contributed by atoms with Gasteiger partial charge < -0.3 is 10.1 Å². The summed E-state index contributed by atoms with van der Waals surface area (Å²) < 4.78 is 6.82. The molecule has 0 spiro atoms. The van der Waals surface area contributed by atoms with Crippen molar-refractivity contribution >= 4 is 11.5 Å². The Labute approximate surface area is 94.1 Å². The first kappa shape index (κ1) is 10.5. The zero-order chi connectivity index (χ0) is 11.5. The van der Waals surface area contributed by atoms with Crippen molar-refractivity contribution in [1.29, 1.82) is 0 Å². The van der Waals surface area contributed by atoms with Gasteiger partial charge in [-0.05, 0) is 13.0 Å². The molecule has 0 aliphatic rings. The molecule has 0 saturated carbocycles. The summed E-state index contributed by atoms with van der Waals surface area (Å²) in [6, 6.07) is 5.58. The third-order valence-electron chi connectivity index (χ3n) is 2.21. The summed E-state index contributed by atoms with van der Waals surface area (Å²) >= 11 is 0. The summed E-state index contributed by atoms with van der Waals surface area (Å²) in [7, 11) is 3.48. The molecule has 0 bridgehead atoms. The first-order chi connectivity index (χ1) is 7.69. The van der Waals surface area contributed by atoms with Crippen molar-refractivity contribution < 1.29 is 4.74 Å². The Morgan fingerprint density at radius 2 is 2.19 bits per heavy atom. The number of hydrogen-bond donors (Lipinski definition) is 1. The molecule has 0 aromatic carbocycles. The van der Waals surface area contributed by atoms with Crippen molar-refractivity contribution in [3.8, 4) is 5.88 Å². The highest BCUT2D eigenvalue weighted by atomic mass is 16.5. The number of nitrogens with zero attached hydrogens (tertiary/aromatic N) is 3. The topological polar surface area (TPSA) is 52.0 Å². The van der Waals surface area contributed by atoms with E-state index in [4.69, 9.17) is 4.74 Å². The third kappa shape index (κ3) is 2.13. The third-order valence-corrected chi connectivity index (χ3v) is 2.21. The van der Waals surface area contributed by atoms with Crippen LogP contribution in [0.3, 0.4) is 0 Å². The molecule has 0 unspecified atom stereocenters. The average Bonchev–Trinajstić information content (AvgIpc) is 2.58. The van der Waals surface area contributed by atoms with Crippen molar-refractivity contribution in [2.24, 2.45) is 7.05 Å². The van der Waals surface area contributed by atoms with Gasteiger partial charge in [0.1, 0.15) is 5.82 Å². The van der Waals surface area contributed by atoms with Gasteiger partial charge in [0.05, 0.1) is 18.5 Å². The normalized spacial score (nSPS) is 10.2. The van der Waals surface area contributed by atoms with Gasteiger partial charge in [0.25, 0.3) is 0 Å². The van der Waals surface area contributed by atoms with E-state index in [2.05, 4.69) is 15.4 Å². The fourth-order valence-corrected chi connectivity index (χ4v) is 1.46. The number of aryl methyl sites for hydroxylation is 2. The summed E-state index contributed by atoms with van der Waals surface area (Å²) in [4.78, 5) is 4.27. The maximum atomic E-state index is 5.06. The quantitative estimate of drug-likeness (QED) is 0.854. The van der Waals surface area contributed by atoms with Crippen LogP contribution in [0, 0.1) is 6.92 Å². The maximum Gasteiger partial charge on any atom is 0.214 e. The van der Waals surface area contributed by atoms with Gasteiger partial charge in [-0.3, -0.25) is 4.68 Å². The molecule has 0 fully saturated rings.